The summed E-state index contributed by atoms with van der Waals surface area (Å²) in [5.41, 5.74) is 1.72. The van der Waals surface area contributed by atoms with Gasteiger partial charge in [0.2, 0.25) is 10.0 Å². The molecule has 0 bridgehead atoms. The van der Waals surface area contributed by atoms with Gasteiger partial charge in [0.1, 0.15) is 11.8 Å². The number of likely N-dealkylation sites (tertiary alicyclic amines) is 1. The van der Waals surface area contributed by atoms with Crippen LogP contribution in [0.1, 0.15) is 32.6 Å². The van der Waals surface area contributed by atoms with Gasteiger partial charge >= 0.3 is 12.1 Å². The number of unbranched alkanes of at least 4 members (excludes halogenated alkanes) is 1. The molecule has 2 aromatic carbocycles. The van der Waals surface area contributed by atoms with Crippen molar-refractivity contribution in [3.63, 3.8) is 0 Å². The molecule has 1 heterocycles. The highest BCUT2D eigenvalue weighted by Gasteiger charge is 2.42. The summed E-state index contributed by atoms with van der Waals surface area (Å²) < 4.78 is 33.6. The van der Waals surface area contributed by atoms with Gasteiger partial charge in [-0.05, 0) is 60.6 Å². The molecule has 9 nitrogen and oxygen atoms in total. The Morgan fingerprint density at radius 1 is 1.03 bits per heavy atom. The SMILES string of the molecule is CCCCN(C(C(=O)O)C1CCN(C(=O)O)CC1)S(=O)(=O)c1ccc(-c2ccc(OC)cc2)cc1. The predicted octanol–water partition coefficient (Wildman–Crippen LogP) is 4.00. The van der Waals surface area contributed by atoms with Crippen LogP contribution in [-0.4, -0.2) is 72.7 Å². The molecule has 0 aliphatic carbocycles. The van der Waals surface area contributed by atoms with Gasteiger partial charge in [0, 0.05) is 19.6 Å². The zero-order valence-corrected chi connectivity index (χ0v) is 20.8. The summed E-state index contributed by atoms with van der Waals surface area (Å²) in [4.78, 5) is 24.8. The van der Waals surface area contributed by atoms with Crippen molar-refractivity contribution in [1.29, 1.82) is 0 Å². The zero-order chi connectivity index (χ0) is 25.6. The number of amides is 1. The van der Waals surface area contributed by atoms with Crippen molar-refractivity contribution in [3.05, 3.63) is 48.5 Å². The Labute approximate surface area is 206 Å². The lowest BCUT2D eigenvalue weighted by molar-refractivity contribution is -0.144. The van der Waals surface area contributed by atoms with E-state index in [1.807, 2.05) is 31.2 Å². The van der Waals surface area contributed by atoms with Crippen molar-refractivity contribution >= 4 is 22.1 Å². The average molecular weight is 505 g/mol. The fourth-order valence-electron chi connectivity index (χ4n) is 4.43. The number of carboxylic acid groups (broad SMARTS) is 2. The number of piperidine rings is 1. The molecule has 35 heavy (non-hydrogen) atoms. The first-order chi connectivity index (χ1) is 16.7. The third-order valence-corrected chi connectivity index (χ3v) is 8.33. The van der Waals surface area contributed by atoms with Crippen molar-refractivity contribution in [2.45, 2.75) is 43.5 Å². The smallest absolute Gasteiger partial charge is 0.407 e. The normalized spacial score (nSPS) is 15.7. The Balaban J connectivity index is 1.89. The topological polar surface area (TPSA) is 124 Å². The molecule has 0 aromatic heterocycles. The highest BCUT2D eigenvalue weighted by molar-refractivity contribution is 7.89. The summed E-state index contributed by atoms with van der Waals surface area (Å²) in [6.45, 7) is 2.36. The van der Waals surface area contributed by atoms with Crippen LogP contribution in [-0.2, 0) is 14.8 Å². The minimum absolute atomic E-state index is 0.0279. The molecule has 10 heteroatoms. The number of carboxylic acids is 1. The first kappa shape index (κ1) is 26.5. The number of carbonyl (C=O) groups is 2. The number of rotatable bonds is 10. The molecule has 1 fully saturated rings. The van der Waals surface area contributed by atoms with E-state index in [0.29, 0.717) is 18.6 Å². The molecule has 0 spiro atoms. The van der Waals surface area contributed by atoms with Crippen LogP contribution in [0.4, 0.5) is 4.79 Å². The molecule has 2 aromatic rings. The van der Waals surface area contributed by atoms with Crippen LogP contribution >= 0.6 is 0 Å². The summed E-state index contributed by atoms with van der Waals surface area (Å²) >= 11 is 0. The van der Waals surface area contributed by atoms with Crippen LogP contribution in [0.25, 0.3) is 11.1 Å². The van der Waals surface area contributed by atoms with E-state index >= 15 is 0 Å². The van der Waals surface area contributed by atoms with Gasteiger partial charge in [-0.2, -0.15) is 4.31 Å². The standard InChI is InChI=1S/C25H32N2O7S/c1-3-4-15-27(23(24(28)29)20-13-16-26(17-14-20)25(30)31)35(32,33)22-11-7-19(8-12-22)18-5-9-21(34-2)10-6-18/h5-12,20,23H,3-4,13-17H2,1-2H3,(H,28,29)(H,30,31). The van der Waals surface area contributed by atoms with E-state index in [0.717, 1.165) is 15.4 Å². The Kier molecular flexibility index (Phi) is 8.74. The Bertz CT molecular complexity index is 1110. The van der Waals surface area contributed by atoms with E-state index in [-0.39, 0.29) is 37.4 Å². The van der Waals surface area contributed by atoms with E-state index in [1.54, 1.807) is 19.2 Å². The molecular weight excluding hydrogens is 472 g/mol. The lowest BCUT2D eigenvalue weighted by Gasteiger charge is -2.37. The van der Waals surface area contributed by atoms with Gasteiger partial charge in [-0.15, -0.1) is 0 Å². The fourth-order valence-corrected chi connectivity index (χ4v) is 6.11. The molecule has 1 aliphatic heterocycles. The maximum absolute atomic E-state index is 13.7. The molecular formula is C25H32N2O7S. The predicted molar refractivity (Wildman–Crippen MR) is 131 cm³/mol. The average Bonchev–Trinajstić information content (AvgIpc) is 2.86. The van der Waals surface area contributed by atoms with Gasteiger partial charge in [-0.1, -0.05) is 37.6 Å². The fraction of sp³-hybridized carbons (Fsp3) is 0.440. The zero-order valence-electron chi connectivity index (χ0n) is 20.0. The van der Waals surface area contributed by atoms with E-state index in [9.17, 15) is 28.2 Å². The molecule has 1 saturated heterocycles. The highest BCUT2D eigenvalue weighted by Crippen LogP contribution is 2.31. The first-order valence-electron chi connectivity index (χ1n) is 11.7. The van der Waals surface area contributed by atoms with Crippen LogP contribution in [0.5, 0.6) is 5.75 Å². The quantitative estimate of drug-likeness (QED) is 0.501. The summed E-state index contributed by atoms with van der Waals surface area (Å²) in [6, 6.07) is 12.5. The highest BCUT2D eigenvalue weighted by atomic mass is 32.2. The molecule has 3 rings (SSSR count). The number of aliphatic carboxylic acids is 1. The molecule has 1 atom stereocenters. The molecule has 1 unspecified atom stereocenters. The largest absolute Gasteiger partial charge is 0.497 e. The molecule has 0 radical (unpaired) electrons. The second-order valence-corrected chi connectivity index (χ2v) is 10.5. The molecule has 1 aliphatic rings. The molecule has 2 N–H and O–H groups in total. The summed E-state index contributed by atoms with van der Waals surface area (Å²) in [5.74, 6) is -0.977. The third kappa shape index (κ3) is 6.12. The van der Waals surface area contributed by atoms with Gasteiger partial charge in [0.15, 0.2) is 0 Å². The summed E-state index contributed by atoms with van der Waals surface area (Å²) in [5, 5.41) is 19.3. The number of hydrogen-bond acceptors (Lipinski definition) is 5. The lowest BCUT2D eigenvalue weighted by atomic mass is 9.89. The van der Waals surface area contributed by atoms with Gasteiger partial charge in [0.05, 0.1) is 12.0 Å². The number of sulfonamides is 1. The van der Waals surface area contributed by atoms with Gasteiger partial charge in [-0.3, -0.25) is 4.79 Å². The second-order valence-electron chi connectivity index (χ2n) is 8.61. The Hall–Kier alpha value is -3.11. The number of nitrogens with zero attached hydrogens (tertiary/aromatic N) is 2. The summed E-state index contributed by atoms with van der Waals surface area (Å²) in [7, 11) is -2.52. The van der Waals surface area contributed by atoms with Crippen molar-refractivity contribution in [3.8, 4) is 16.9 Å². The van der Waals surface area contributed by atoms with E-state index in [1.165, 1.54) is 17.0 Å². The van der Waals surface area contributed by atoms with Crippen molar-refractivity contribution < 1.29 is 33.0 Å². The number of hydrogen-bond donors (Lipinski definition) is 2. The van der Waals surface area contributed by atoms with E-state index in [4.69, 9.17) is 4.74 Å². The Morgan fingerprint density at radius 2 is 1.57 bits per heavy atom. The number of methoxy groups -OCH3 is 1. The van der Waals surface area contributed by atoms with Crippen LogP contribution in [0.3, 0.4) is 0 Å². The Morgan fingerprint density at radius 3 is 2.03 bits per heavy atom. The molecule has 1 amide bonds. The van der Waals surface area contributed by atoms with E-state index in [2.05, 4.69) is 0 Å². The third-order valence-electron chi connectivity index (χ3n) is 6.44. The summed E-state index contributed by atoms with van der Waals surface area (Å²) in [6.07, 6.45) is 0.741. The molecule has 0 saturated carbocycles. The van der Waals surface area contributed by atoms with Crippen molar-refractivity contribution in [2.75, 3.05) is 26.7 Å². The van der Waals surface area contributed by atoms with Crippen LogP contribution in [0.2, 0.25) is 0 Å². The minimum atomic E-state index is -4.10. The van der Waals surface area contributed by atoms with E-state index < -0.39 is 34.0 Å². The van der Waals surface area contributed by atoms with Gasteiger partial charge in [0.25, 0.3) is 0 Å². The van der Waals surface area contributed by atoms with Crippen LogP contribution in [0.15, 0.2) is 53.4 Å². The van der Waals surface area contributed by atoms with Crippen molar-refractivity contribution in [1.82, 2.24) is 9.21 Å². The second kappa shape index (κ2) is 11.5. The monoisotopic (exact) mass is 504 g/mol. The van der Waals surface area contributed by atoms with Gasteiger partial charge in [-0.25, -0.2) is 13.2 Å². The minimum Gasteiger partial charge on any atom is -0.497 e. The maximum Gasteiger partial charge on any atom is 0.407 e. The van der Waals surface area contributed by atoms with Crippen LogP contribution in [0, 0.1) is 5.92 Å². The van der Waals surface area contributed by atoms with Gasteiger partial charge < -0.3 is 19.8 Å². The lowest BCUT2D eigenvalue weighted by Crippen LogP contribution is -2.52. The van der Waals surface area contributed by atoms with Crippen molar-refractivity contribution in [2.24, 2.45) is 5.92 Å². The maximum atomic E-state index is 13.7. The first-order valence-corrected chi connectivity index (χ1v) is 13.1. The van der Waals surface area contributed by atoms with Crippen LogP contribution < -0.4 is 4.74 Å². The number of benzene rings is 2. The molecule has 190 valence electrons. The number of ether oxygens (including phenoxy) is 1.